The number of ether oxygens (including phenoxy) is 3. The first-order valence-electron chi connectivity index (χ1n) is 8.17. The number of hydrogen-bond donors (Lipinski definition) is 0. The van der Waals surface area contributed by atoms with Crippen molar-refractivity contribution in [3.05, 3.63) is 52.9 Å². The minimum absolute atomic E-state index is 0.0732. The Labute approximate surface area is 172 Å². The molecule has 0 atom stereocenters. The van der Waals surface area contributed by atoms with Crippen LogP contribution in [0.5, 0.6) is 17.2 Å². The van der Waals surface area contributed by atoms with E-state index in [9.17, 15) is 4.79 Å². The Hall–Kier alpha value is -3.02. The molecule has 0 aliphatic carbocycles. The van der Waals surface area contributed by atoms with Crippen LogP contribution in [-0.4, -0.2) is 31.1 Å². The quantitative estimate of drug-likeness (QED) is 0.524. The third-order valence-corrected chi connectivity index (χ3v) is 5.20. The van der Waals surface area contributed by atoms with Crippen LogP contribution < -0.4 is 19.1 Å². The minimum Gasteiger partial charge on any atom is -0.497 e. The second kappa shape index (κ2) is 8.78. The van der Waals surface area contributed by atoms with E-state index in [0.29, 0.717) is 32.2 Å². The molecule has 0 spiro atoms. The summed E-state index contributed by atoms with van der Waals surface area (Å²) in [6.45, 7) is -0.0732. The van der Waals surface area contributed by atoms with Crippen molar-refractivity contribution in [1.29, 1.82) is 5.26 Å². The summed E-state index contributed by atoms with van der Waals surface area (Å²) in [5, 5.41) is 8.65. The molecule has 142 valence electrons. The number of thioether (sulfide) groups is 1. The first-order chi connectivity index (χ1) is 13.6. The van der Waals surface area contributed by atoms with Crippen LogP contribution in [-0.2, 0) is 4.79 Å². The highest BCUT2D eigenvalue weighted by molar-refractivity contribution is 8.27. The van der Waals surface area contributed by atoms with Gasteiger partial charge in [0.15, 0.2) is 22.4 Å². The van der Waals surface area contributed by atoms with E-state index in [4.69, 9.17) is 31.7 Å². The first kappa shape index (κ1) is 19.7. The van der Waals surface area contributed by atoms with Crippen molar-refractivity contribution >= 4 is 46.0 Å². The van der Waals surface area contributed by atoms with Gasteiger partial charge in [0.25, 0.3) is 5.91 Å². The topological polar surface area (TPSA) is 71.8 Å². The number of benzene rings is 2. The van der Waals surface area contributed by atoms with E-state index in [0.717, 1.165) is 5.56 Å². The molecular weight excluding hydrogens is 396 g/mol. The molecule has 1 heterocycles. The summed E-state index contributed by atoms with van der Waals surface area (Å²) in [4.78, 5) is 14.9. The Morgan fingerprint density at radius 2 is 1.89 bits per heavy atom. The number of carbonyl (C=O) groups is 1. The van der Waals surface area contributed by atoms with E-state index >= 15 is 0 Å². The average Bonchev–Trinajstić information content (AvgIpc) is 3.00. The van der Waals surface area contributed by atoms with Crippen LogP contribution in [0.25, 0.3) is 6.08 Å². The van der Waals surface area contributed by atoms with Crippen LogP contribution in [0, 0.1) is 11.3 Å². The predicted octanol–water partition coefficient (Wildman–Crippen LogP) is 4.01. The van der Waals surface area contributed by atoms with Crippen molar-refractivity contribution in [1.82, 2.24) is 0 Å². The van der Waals surface area contributed by atoms with Crippen LogP contribution in [0.4, 0.5) is 5.69 Å². The minimum atomic E-state index is -0.191. The Morgan fingerprint density at radius 1 is 1.14 bits per heavy atom. The monoisotopic (exact) mass is 412 g/mol. The van der Waals surface area contributed by atoms with Gasteiger partial charge in [-0.05, 0) is 48.0 Å². The van der Waals surface area contributed by atoms with E-state index in [1.807, 2.05) is 6.07 Å². The molecule has 0 aromatic heterocycles. The van der Waals surface area contributed by atoms with Gasteiger partial charge in [-0.1, -0.05) is 30.0 Å². The molecule has 0 unspecified atom stereocenters. The molecule has 8 heteroatoms. The molecule has 0 radical (unpaired) electrons. The third kappa shape index (κ3) is 4.11. The van der Waals surface area contributed by atoms with Gasteiger partial charge in [-0.2, -0.15) is 5.26 Å². The highest BCUT2D eigenvalue weighted by Gasteiger charge is 2.33. The maximum Gasteiger partial charge on any atom is 0.270 e. The van der Waals surface area contributed by atoms with Crippen LogP contribution in [0.15, 0.2) is 47.4 Å². The molecule has 1 aliphatic heterocycles. The normalized spacial score (nSPS) is 14.9. The summed E-state index contributed by atoms with van der Waals surface area (Å²) in [7, 11) is 3.10. The largest absolute Gasteiger partial charge is 0.497 e. The van der Waals surface area contributed by atoms with Gasteiger partial charge in [0.1, 0.15) is 11.8 Å². The Morgan fingerprint density at radius 3 is 2.54 bits per heavy atom. The van der Waals surface area contributed by atoms with Crippen molar-refractivity contribution in [3.63, 3.8) is 0 Å². The van der Waals surface area contributed by atoms with Crippen molar-refractivity contribution in [3.8, 4) is 23.3 Å². The van der Waals surface area contributed by atoms with Crippen molar-refractivity contribution in [2.24, 2.45) is 0 Å². The molecule has 0 saturated carbocycles. The van der Waals surface area contributed by atoms with Crippen molar-refractivity contribution in [2.75, 3.05) is 25.7 Å². The molecule has 6 nitrogen and oxygen atoms in total. The van der Waals surface area contributed by atoms with Gasteiger partial charge in [0, 0.05) is 0 Å². The average molecular weight is 412 g/mol. The zero-order valence-corrected chi connectivity index (χ0v) is 16.8. The predicted molar refractivity (Wildman–Crippen MR) is 113 cm³/mol. The fourth-order valence-electron chi connectivity index (χ4n) is 2.58. The second-order valence-electron chi connectivity index (χ2n) is 5.57. The molecule has 0 N–H and O–H groups in total. The molecular formula is C20H16N2O4S2. The summed E-state index contributed by atoms with van der Waals surface area (Å²) >= 11 is 6.63. The summed E-state index contributed by atoms with van der Waals surface area (Å²) in [6, 6.07) is 14.3. The molecule has 2 aromatic rings. The summed E-state index contributed by atoms with van der Waals surface area (Å²) in [5.74, 6) is 1.46. The SMILES string of the molecule is COc1ccc(N2C(=O)/C(=C\c3ccc(OCC#N)c(OC)c3)SC2=S)cc1. The van der Waals surface area contributed by atoms with Gasteiger partial charge in [-0.3, -0.25) is 9.69 Å². The lowest BCUT2D eigenvalue weighted by Gasteiger charge is -2.14. The molecule has 1 saturated heterocycles. The molecule has 0 bridgehead atoms. The number of carbonyl (C=O) groups excluding carboxylic acids is 1. The molecule has 1 fully saturated rings. The van der Waals surface area contributed by atoms with E-state index in [-0.39, 0.29) is 12.5 Å². The zero-order chi connectivity index (χ0) is 20.1. The van der Waals surface area contributed by atoms with E-state index in [1.165, 1.54) is 23.8 Å². The fourth-order valence-corrected chi connectivity index (χ4v) is 3.88. The lowest BCUT2D eigenvalue weighted by Crippen LogP contribution is -2.27. The number of nitrogens with zero attached hydrogens (tertiary/aromatic N) is 2. The number of rotatable bonds is 6. The maximum atomic E-state index is 12.9. The van der Waals surface area contributed by atoms with E-state index < -0.39 is 0 Å². The molecule has 28 heavy (non-hydrogen) atoms. The van der Waals surface area contributed by atoms with Gasteiger partial charge in [0.05, 0.1) is 24.8 Å². The highest BCUT2D eigenvalue weighted by atomic mass is 32.2. The summed E-state index contributed by atoms with van der Waals surface area (Å²) < 4.78 is 16.2. The van der Waals surface area contributed by atoms with Crippen LogP contribution in [0.1, 0.15) is 5.56 Å². The smallest absolute Gasteiger partial charge is 0.270 e. The Bertz CT molecular complexity index is 981. The second-order valence-corrected chi connectivity index (χ2v) is 7.25. The summed E-state index contributed by atoms with van der Waals surface area (Å²) in [5.41, 5.74) is 1.45. The van der Waals surface area contributed by atoms with E-state index in [2.05, 4.69) is 0 Å². The fraction of sp³-hybridized carbons (Fsp3) is 0.150. The van der Waals surface area contributed by atoms with Crippen LogP contribution in [0.2, 0.25) is 0 Å². The number of nitriles is 1. The molecule has 2 aromatic carbocycles. The van der Waals surface area contributed by atoms with Gasteiger partial charge < -0.3 is 14.2 Å². The van der Waals surface area contributed by atoms with Crippen molar-refractivity contribution < 1.29 is 19.0 Å². The zero-order valence-electron chi connectivity index (χ0n) is 15.2. The van der Waals surface area contributed by atoms with Crippen LogP contribution in [0.3, 0.4) is 0 Å². The maximum absolute atomic E-state index is 12.9. The number of thiocarbonyl (C=S) groups is 1. The lowest BCUT2D eigenvalue weighted by molar-refractivity contribution is -0.113. The van der Waals surface area contributed by atoms with Crippen molar-refractivity contribution in [2.45, 2.75) is 0 Å². The Kier molecular flexibility index (Phi) is 6.19. The standard InChI is InChI=1S/C20H16N2O4S2/c1-24-15-6-4-14(5-7-15)22-19(23)18(28-20(22)27)12-13-3-8-16(26-10-9-21)17(11-13)25-2/h3-8,11-12H,10H2,1-2H3/b18-12+. The lowest BCUT2D eigenvalue weighted by atomic mass is 10.2. The van der Waals surface area contributed by atoms with Gasteiger partial charge in [-0.25, -0.2) is 0 Å². The molecule has 1 amide bonds. The highest BCUT2D eigenvalue weighted by Crippen LogP contribution is 2.37. The molecule has 3 rings (SSSR count). The number of methoxy groups -OCH3 is 2. The van der Waals surface area contributed by atoms with Gasteiger partial charge in [-0.15, -0.1) is 0 Å². The van der Waals surface area contributed by atoms with Gasteiger partial charge >= 0.3 is 0 Å². The van der Waals surface area contributed by atoms with E-state index in [1.54, 1.807) is 55.7 Å². The third-order valence-electron chi connectivity index (χ3n) is 3.90. The summed E-state index contributed by atoms with van der Waals surface area (Å²) in [6.07, 6.45) is 1.75. The number of amides is 1. The molecule has 1 aliphatic rings. The Balaban J connectivity index is 1.86. The first-order valence-corrected chi connectivity index (χ1v) is 9.39. The number of anilines is 1. The van der Waals surface area contributed by atoms with Gasteiger partial charge in [0.2, 0.25) is 0 Å². The number of hydrogen-bond acceptors (Lipinski definition) is 7. The van der Waals surface area contributed by atoms with Crippen LogP contribution >= 0.6 is 24.0 Å².